The minimum absolute atomic E-state index is 0.129. The van der Waals surface area contributed by atoms with Gasteiger partial charge < -0.3 is 5.32 Å². The molecule has 1 fully saturated rings. The maximum Gasteiger partial charge on any atom is 0.124 e. The molecular weight excluding hydrogens is 293 g/mol. The summed E-state index contributed by atoms with van der Waals surface area (Å²) in [6.07, 6.45) is 8.12. The number of fused-ring (bicyclic) bond motifs is 1. The summed E-state index contributed by atoms with van der Waals surface area (Å²) in [4.78, 5) is 0. The molecule has 0 bridgehead atoms. The van der Waals surface area contributed by atoms with Gasteiger partial charge in [0.05, 0.1) is 5.69 Å². The van der Waals surface area contributed by atoms with Crippen LogP contribution in [0.1, 0.15) is 50.0 Å². The van der Waals surface area contributed by atoms with Crippen molar-refractivity contribution in [2.45, 2.75) is 44.4 Å². The second kappa shape index (κ2) is 5.20. The number of rotatable bonds is 3. The van der Waals surface area contributed by atoms with Crippen LogP contribution in [0, 0.1) is 11.7 Å². The van der Waals surface area contributed by atoms with Crippen LogP contribution in [0.15, 0.2) is 16.6 Å². The van der Waals surface area contributed by atoms with Crippen LogP contribution < -0.4 is 5.32 Å². The second-order valence-electron chi connectivity index (χ2n) is 5.66. The van der Waals surface area contributed by atoms with Crippen LogP contribution in [0.4, 0.5) is 10.1 Å². The van der Waals surface area contributed by atoms with E-state index in [1.165, 1.54) is 44.1 Å². The molecule has 18 heavy (non-hydrogen) atoms. The van der Waals surface area contributed by atoms with Crippen molar-refractivity contribution in [1.29, 1.82) is 0 Å². The van der Waals surface area contributed by atoms with Gasteiger partial charge in [-0.05, 0) is 52.4 Å². The molecule has 0 radical (unpaired) electrons. The minimum Gasteiger partial charge on any atom is -0.383 e. The zero-order chi connectivity index (χ0) is 12.5. The summed E-state index contributed by atoms with van der Waals surface area (Å²) >= 11 is 3.44. The van der Waals surface area contributed by atoms with Crippen LogP contribution >= 0.6 is 15.9 Å². The predicted molar refractivity (Wildman–Crippen MR) is 76.5 cm³/mol. The lowest BCUT2D eigenvalue weighted by atomic mass is 9.91. The van der Waals surface area contributed by atoms with Gasteiger partial charge in [-0.25, -0.2) is 4.39 Å². The molecule has 1 aromatic rings. The Morgan fingerprint density at radius 1 is 1.22 bits per heavy atom. The van der Waals surface area contributed by atoms with Gasteiger partial charge in [-0.1, -0.05) is 25.7 Å². The first kappa shape index (κ1) is 12.5. The molecule has 1 aliphatic heterocycles. The van der Waals surface area contributed by atoms with E-state index in [1.54, 1.807) is 12.1 Å². The molecule has 1 nitrogen and oxygen atoms in total. The number of halogens is 2. The van der Waals surface area contributed by atoms with Crippen molar-refractivity contribution in [3.8, 4) is 0 Å². The Kier molecular flexibility index (Phi) is 3.60. The predicted octanol–water partition coefficient (Wildman–Crippen LogP) is 5.07. The van der Waals surface area contributed by atoms with E-state index >= 15 is 0 Å². The molecule has 0 aromatic heterocycles. The standard InChI is InChI=1S/C15H19BrFN/c16-14-8-12(17)7-13-11(9-18-15(13)14)6-5-10-3-1-2-4-10/h7-8,10-11,18H,1-6,9H2. The van der Waals surface area contributed by atoms with E-state index in [0.717, 1.165) is 22.6 Å². The van der Waals surface area contributed by atoms with Gasteiger partial charge in [0, 0.05) is 16.9 Å². The monoisotopic (exact) mass is 311 g/mol. The molecular formula is C15H19BrFN. The van der Waals surface area contributed by atoms with Crippen molar-refractivity contribution in [2.24, 2.45) is 5.92 Å². The first-order valence-electron chi connectivity index (χ1n) is 6.97. The SMILES string of the molecule is Fc1cc(Br)c2c(c1)C(CCC1CCCC1)CN2. The van der Waals surface area contributed by atoms with Crippen molar-refractivity contribution in [1.82, 2.24) is 0 Å². The van der Waals surface area contributed by atoms with Crippen LogP contribution in [-0.4, -0.2) is 6.54 Å². The molecule has 1 aromatic carbocycles. The zero-order valence-electron chi connectivity index (χ0n) is 10.5. The highest BCUT2D eigenvalue weighted by molar-refractivity contribution is 9.10. The Bertz CT molecular complexity index is 440. The number of anilines is 1. The van der Waals surface area contributed by atoms with Crippen LogP contribution in [0.3, 0.4) is 0 Å². The van der Waals surface area contributed by atoms with Gasteiger partial charge >= 0.3 is 0 Å². The van der Waals surface area contributed by atoms with E-state index in [4.69, 9.17) is 0 Å². The molecule has 98 valence electrons. The van der Waals surface area contributed by atoms with E-state index in [9.17, 15) is 4.39 Å². The summed E-state index contributed by atoms with van der Waals surface area (Å²) in [5, 5.41) is 3.41. The summed E-state index contributed by atoms with van der Waals surface area (Å²) in [7, 11) is 0. The van der Waals surface area contributed by atoms with E-state index in [0.29, 0.717) is 5.92 Å². The van der Waals surface area contributed by atoms with E-state index < -0.39 is 0 Å². The van der Waals surface area contributed by atoms with Crippen molar-refractivity contribution in [3.63, 3.8) is 0 Å². The van der Waals surface area contributed by atoms with Gasteiger partial charge in [-0.2, -0.15) is 0 Å². The maximum atomic E-state index is 13.5. The first-order valence-corrected chi connectivity index (χ1v) is 7.76. The van der Waals surface area contributed by atoms with E-state index in [-0.39, 0.29) is 5.82 Å². The topological polar surface area (TPSA) is 12.0 Å². The molecule has 3 rings (SSSR count). The average Bonchev–Trinajstić information content (AvgIpc) is 2.94. The van der Waals surface area contributed by atoms with E-state index in [2.05, 4.69) is 21.2 Å². The molecule has 1 unspecified atom stereocenters. The number of benzene rings is 1. The molecule has 1 atom stereocenters. The van der Waals surface area contributed by atoms with Gasteiger partial charge in [0.25, 0.3) is 0 Å². The van der Waals surface area contributed by atoms with Crippen LogP contribution in [-0.2, 0) is 0 Å². The molecule has 1 saturated carbocycles. The minimum atomic E-state index is -0.129. The van der Waals surface area contributed by atoms with Crippen molar-refractivity contribution >= 4 is 21.6 Å². The molecule has 0 spiro atoms. The number of nitrogens with one attached hydrogen (secondary N) is 1. The Morgan fingerprint density at radius 3 is 2.78 bits per heavy atom. The van der Waals surface area contributed by atoms with Gasteiger partial charge in [0.1, 0.15) is 5.82 Å². The molecule has 0 saturated heterocycles. The lowest BCUT2D eigenvalue weighted by Gasteiger charge is -2.14. The van der Waals surface area contributed by atoms with Gasteiger partial charge in [-0.15, -0.1) is 0 Å². The van der Waals surface area contributed by atoms with Gasteiger partial charge in [0.2, 0.25) is 0 Å². The fraction of sp³-hybridized carbons (Fsp3) is 0.600. The van der Waals surface area contributed by atoms with Crippen molar-refractivity contribution in [2.75, 3.05) is 11.9 Å². The highest BCUT2D eigenvalue weighted by Gasteiger charge is 2.26. The summed E-state index contributed by atoms with van der Waals surface area (Å²) in [5.41, 5.74) is 2.27. The van der Waals surface area contributed by atoms with Crippen LogP contribution in [0.25, 0.3) is 0 Å². The smallest absolute Gasteiger partial charge is 0.124 e. The largest absolute Gasteiger partial charge is 0.383 e. The summed E-state index contributed by atoms with van der Waals surface area (Å²) in [5.74, 6) is 1.29. The normalized spacial score (nSPS) is 23.1. The maximum absolute atomic E-state index is 13.5. The van der Waals surface area contributed by atoms with Gasteiger partial charge in [0.15, 0.2) is 0 Å². The number of hydrogen-bond donors (Lipinski definition) is 1. The van der Waals surface area contributed by atoms with Crippen molar-refractivity contribution in [3.05, 3.63) is 28.0 Å². The van der Waals surface area contributed by atoms with Crippen molar-refractivity contribution < 1.29 is 4.39 Å². The molecule has 2 aliphatic rings. The summed E-state index contributed by atoms with van der Waals surface area (Å²) in [6.45, 7) is 0.962. The Labute approximate surface area is 116 Å². The average molecular weight is 312 g/mol. The fourth-order valence-corrected chi connectivity index (χ4v) is 4.02. The van der Waals surface area contributed by atoms with Crippen LogP contribution in [0.5, 0.6) is 0 Å². The van der Waals surface area contributed by atoms with Crippen LogP contribution in [0.2, 0.25) is 0 Å². The lowest BCUT2D eigenvalue weighted by molar-refractivity contribution is 0.459. The third-order valence-corrected chi connectivity index (χ3v) is 5.07. The highest BCUT2D eigenvalue weighted by atomic mass is 79.9. The Balaban J connectivity index is 1.69. The fourth-order valence-electron chi connectivity index (χ4n) is 3.43. The summed E-state index contributed by atoms with van der Waals surface area (Å²) < 4.78 is 14.3. The third kappa shape index (κ3) is 2.42. The lowest BCUT2D eigenvalue weighted by Crippen LogP contribution is -2.04. The van der Waals surface area contributed by atoms with E-state index in [1.807, 2.05) is 0 Å². The molecule has 1 aliphatic carbocycles. The Morgan fingerprint density at radius 2 is 2.00 bits per heavy atom. The van der Waals surface area contributed by atoms with Gasteiger partial charge in [-0.3, -0.25) is 0 Å². The molecule has 3 heteroatoms. The molecule has 1 N–H and O–H groups in total. The highest BCUT2D eigenvalue weighted by Crippen LogP contribution is 2.41. The molecule has 1 heterocycles. The molecule has 0 amide bonds. The third-order valence-electron chi connectivity index (χ3n) is 4.45. The first-order chi connectivity index (χ1) is 8.74. The Hall–Kier alpha value is -0.570. The zero-order valence-corrected chi connectivity index (χ0v) is 12.1. The number of hydrogen-bond acceptors (Lipinski definition) is 1. The summed E-state index contributed by atoms with van der Waals surface area (Å²) in [6, 6.07) is 3.25. The second-order valence-corrected chi connectivity index (χ2v) is 6.51. The quantitative estimate of drug-likeness (QED) is 0.822.